The molecule has 40 heavy (non-hydrogen) atoms. The summed E-state index contributed by atoms with van der Waals surface area (Å²) in [7, 11) is 3.27. The molecule has 2 heterocycles. The third kappa shape index (κ3) is 5.25. The smallest absolute Gasteiger partial charge is 0.173 e. The van der Waals surface area contributed by atoms with Gasteiger partial charge in [-0.15, -0.1) is 0 Å². The lowest BCUT2D eigenvalue weighted by molar-refractivity contribution is 0.0690. The summed E-state index contributed by atoms with van der Waals surface area (Å²) < 4.78 is 22.3. The first kappa shape index (κ1) is 26.9. The lowest BCUT2D eigenvalue weighted by atomic mass is 9.87. The van der Waals surface area contributed by atoms with Crippen LogP contribution in [0.25, 0.3) is 5.76 Å². The second kappa shape index (κ2) is 11.6. The molecule has 0 saturated heterocycles. The summed E-state index contributed by atoms with van der Waals surface area (Å²) in [5, 5.41) is 10.3. The van der Waals surface area contributed by atoms with Gasteiger partial charge in [0, 0.05) is 5.57 Å². The van der Waals surface area contributed by atoms with Crippen LogP contribution >= 0.6 is 0 Å². The fraction of sp³-hybridized carbons (Fsp3) is 0.206. The Morgan fingerprint density at radius 1 is 0.675 bits per heavy atom. The van der Waals surface area contributed by atoms with E-state index in [1.165, 1.54) is 0 Å². The second-order valence-corrected chi connectivity index (χ2v) is 9.76. The van der Waals surface area contributed by atoms with Crippen molar-refractivity contribution >= 4 is 11.5 Å². The number of aliphatic hydroxyl groups excluding tert-OH is 1. The molecule has 4 aromatic carbocycles. The average molecular weight is 537 g/mol. The fourth-order valence-corrected chi connectivity index (χ4v) is 4.96. The third-order valence-corrected chi connectivity index (χ3v) is 7.29. The average Bonchev–Trinajstić information content (AvgIpc) is 3.01. The van der Waals surface area contributed by atoms with Gasteiger partial charge in [-0.05, 0) is 66.6 Å². The van der Waals surface area contributed by atoms with Crippen LogP contribution in [0, 0.1) is 5.92 Å². The van der Waals surface area contributed by atoms with Crippen LogP contribution in [0.4, 0.5) is 0 Å². The third-order valence-electron chi connectivity index (χ3n) is 7.29. The van der Waals surface area contributed by atoms with Crippen LogP contribution in [0.1, 0.15) is 53.1 Å². The molecule has 0 saturated carbocycles. The highest BCUT2D eigenvalue weighted by Crippen LogP contribution is 2.41. The molecule has 0 bridgehead atoms. The highest BCUT2D eigenvalue weighted by atomic mass is 16.5. The Kier molecular flexibility index (Phi) is 7.78. The molecular formula is C34H32O6. The molecule has 6 heteroatoms. The van der Waals surface area contributed by atoms with Crippen molar-refractivity contribution in [2.24, 2.45) is 5.92 Å². The van der Waals surface area contributed by atoms with E-state index in [1.54, 1.807) is 14.2 Å². The van der Waals surface area contributed by atoms with Gasteiger partial charge in [-0.2, -0.15) is 0 Å². The Balaban J connectivity index is 0.000000161. The normalized spacial score (nSPS) is 19.2. The van der Waals surface area contributed by atoms with Crippen molar-refractivity contribution in [1.82, 2.24) is 0 Å². The van der Waals surface area contributed by atoms with Gasteiger partial charge in [-0.3, -0.25) is 4.79 Å². The number of ketones is 1. The summed E-state index contributed by atoms with van der Waals surface area (Å²) in [5.74, 6) is 3.20. The van der Waals surface area contributed by atoms with E-state index in [0.717, 1.165) is 33.8 Å². The summed E-state index contributed by atoms with van der Waals surface area (Å²) >= 11 is 0. The monoisotopic (exact) mass is 536 g/mol. The van der Waals surface area contributed by atoms with E-state index in [-0.39, 0.29) is 23.9 Å². The van der Waals surface area contributed by atoms with Gasteiger partial charge in [-0.1, -0.05) is 55.5 Å². The largest absolute Gasteiger partial charge is 0.507 e. The number of para-hydroxylation sites is 2. The van der Waals surface area contributed by atoms with Crippen molar-refractivity contribution in [3.05, 3.63) is 125 Å². The number of benzene rings is 4. The first-order chi connectivity index (χ1) is 19.4. The van der Waals surface area contributed by atoms with Crippen molar-refractivity contribution < 1.29 is 28.8 Å². The van der Waals surface area contributed by atoms with Crippen molar-refractivity contribution in [1.29, 1.82) is 0 Å². The van der Waals surface area contributed by atoms with Crippen molar-refractivity contribution in [3.8, 4) is 23.0 Å². The van der Waals surface area contributed by atoms with E-state index in [1.807, 2.05) is 111 Å². The lowest BCUT2D eigenvalue weighted by Gasteiger charge is -2.30. The molecule has 2 aliphatic rings. The van der Waals surface area contributed by atoms with Gasteiger partial charge in [0.15, 0.2) is 5.78 Å². The van der Waals surface area contributed by atoms with Crippen LogP contribution in [0.15, 0.2) is 103 Å². The molecule has 3 atom stereocenters. The first-order valence-corrected chi connectivity index (χ1v) is 13.1. The standard InChI is InChI=1S/2C17H16O3/c2*1-11-16(18)14-5-3-4-6-15(14)20-17(11)12-7-9-13(19-2)10-8-12/h3-10,17-18H,1-2H3;3-11,17H,1-2H3/t17-;11-,17-/m11/s1. The van der Waals surface area contributed by atoms with E-state index < -0.39 is 0 Å². The van der Waals surface area contributed by atoms with E-state index in [4.69, 9.17) is 18.9 Å². The van der Waals surface area contributed by atoms with Gasteiger partial charge in [0.25, 0.3) is 0 Å². The van der Waals surface area contributed by atoms with E-state index >= 15 is 0 Å². The van der Waals surface area contributed by atoms with Gasteiger partial charge in [0.05, 0.1) is 31.3 Å². The summed E-state index contributed by atoms with van der Waals surface area (Å²) in [4.78, 5) is 12.4. The Morgan fingerprint density at radius 2 is 1.18 bits per heavy atom. The molecular weight excluding hydrogens is 504 g/mol. The van der Waals surface area contributed by atoms with Crippen molar-refractivity contribution in [2.75, 3.05) is 14.2 Å². The molecule has 6 nitrogen and oxygen atoms in total. The minimum atomic E-state index is -0.268. The maximum Gasteiger partial charge on any atom is 0.173 e. The van der Waals surface area contributed by atoms with Crippen LogP contribution in [0.5, 0.6) is 23.0 Å². The topological polar surface area (TPSA) is 74.2 Å². The number of hydrogen-bond acceptors (Lipinski definition) is 6. The lowest BCUT2D eigenvalue weighted by Crippen LogP contribution is -2.29. The predicted molar refractivity (Wildman–Crippen MR) is 154 cm³/mol. The van der Waals surface area contributed by atoms with E-state index in [9.17, 15) is 9.90 Å². The first-order valence-electron chi connectivity index (χ1n) is 13.1. The van der Waals surface area contributed by atoms with Crippen LogP contribution < -0.4 is 18.9 Å². The second-order valence-electron chi connectivity index (χ2n) is 9.76. The Morgan fingerprint density at radius 3 is 1.75 bits per heavy atom. The number of carbonyl (C=O) groups excluding carboxylic acids is 1. The van der Waals surface area contributed by atoms with Crippen LogP contribution in [-0.2, 0) is 0 Å². The zero-order valence-corrected chi connectivity index (χ0v) is 23.0. The molecule has 1 N–H and O–H groups in total. The molecule has 0 fully saturated rings. The number of rotatable bonds is 4. The summed E-state index contributed by atoms with van der Waals surface area (Å²) in [5.41, 5.74) is 4.21. The van der Waals surface area contributed by atoms with E-state index in [0.29, 0.717) is 22.8 Å². The maximum atomic E-state index is 12.4. The van der Waals surface area contributed by atoms with Crippen LogP contribution in [-0.4, -0.2) is 25.1 Å². The minimum Gasteiger partial charge on any atom is -0.507 e. The SMILES string of the molecule is COc1ccc([C@@H]2Oc3ccccc3C(=O)[C@H]2C)cc1.COc1ccc([C@@H]2Oc3ccccc3C(O)=C2C)cc1. The van der Waals surface area contributed by atoms with Crippen LogP contribution in [0.2, 0.25) is 0 Å². The Hall–Kier alpha value is -4.71. The van der Waals surface area contributed by atoms with E-state index in [2.05, 4.69) is 0 Å². The number of carbonyl (C=O) groups is 1. The maximum absolute atomic E-state index is 12.4. The molecule has 0 radical (unpaired) electrons. The summed E-state index contributed by atoms with van der Waals surface area (Å²) in [6.07, 6.45) is -0.515. The van der Waals surface area contributed by atoms with Gasteiger partial charge in [0.1, 0.15) is 41.0 Å². The summed E-state index contributed by atoms with van der Waals surface area (Å²) in [6.45, 7) is 3.80. The van der Waals surface area contributed by atoms with Gasteiger partial charge >= 0.3 is 0 Å². The molecule has 0 aliphatic carbocycles. The summed E-state index contributed by atoms with van der Waals surface area (Å²) in [6, 6.07) is 30.3. The van der Waals surface area contributed by atoms with Crippen molar-refractivity contribution in [2.45, 2.75) is 26.1 Å². The number of fused-ring (bicyclic) bond motifs is 2. The fourth-order valence-electron chi connectivity index (χ4n) is 4.96. The zero-order valence-electron chi connectivity index (χ0n) is 23.0. The predicted octanol–water partition coefficient (Wildman–Crippen LogP) is 7.77. The Bertz CT molecular complexity index is 1520. The molecule has 0 amide bonds. The molecule has 0 unspecified atom stereocenters. The molecule has 0 aromatic heterocycles. The molecule has 204 valence electrons. The number of aliphatic hydroxyl groups is 1. The number of hydrogen-bond donors (Lipinski definition) is 1. The number of ether oxygens (including phenoxy) is 4. The Labute approximate surface area is 234 Å². The van der Waals surface area contributed by atoms with Crippen molar-refractivity contribution in [3.63, 3.8) is 0 Å². The van der Waals surface area contributed by atoms with Gasteiger partial charge in [-0.25, -0.2) is 0 Å². The molecule has 0 spiro atoms. The van der Waals surface area contributed by atoms with Gasteiger partial charge in [0.2, 0.25) is 0 Å². The quantitative estimate of drug-likeness (QED) is 0.287. The van der Waals surface area contributed by atoms with Gasteiger partial charge < -0.3 is 24.1 Å². The highest BCUT2D eigenvalue weighted by Gasteiger charge is 2.34. The minimum absolute atomic E-state index is 0.132. The van der Waals surface area contributed by atoms with Crippen LogP contribution in [0.3, 0.4) is 0 Å². The highest BCUT2D eigenvalue weighted by molar-refractivity contribution is 6.01. The number of Topliss-reactive ketones (excluding diaryl/α,β-unsaturated/α-hetero) is 1. The molecule has 6 rings (SSSR count). The molecule has 2 aliphatic heterocycles. The number of methoxy groups -OCH3 is 2. The molecule has 4 aromatic rings. The zero-order chi connectivity index (χ0) is 28.2.